The van der Waals surface area contributed by atoms with E-state index in [9.17, 15) is 4.79 Å². The lowest BCUT2D eigenvalue weighted by molar-refractivity contribution is 0.103. The Morgan fingerprint density at radius 3 is 2.67 bits per heavy atom. The van der Waals surface area contributed by atoms with Gasteiger partial charge in [0.1, 0.15) is 0 Å². The molecule has 0 amide bonds. The van der Waals surface area contributed by atoms with Gasteiger partial charge in [-0.25, -0.2) is 0 Å². The predicted molar refractivity (Wildman–Crippen MR) is 60.7 cm³/mol. The fourth-order valence-corrected chi connectivity index (χ4v) is 1.66. The van der Waals surface area contributed by atoms with Gasteiger partial charge in [0.05, 0.1) is 10.7 Å². The number of H-pyrrole nitrogens is 1. The van der Waals surface area contributed by atoms with Crippen LogP contribution in [0.15, 0.2) is 36.5 Å². The fraction of sp³-hybridized carbons (Fsp3) is 0. The van der Waals surface area contributed by atoms with Crippen molar-refractivity contribution in [3.63, 3.8) is 0 Å². The first kappa shape index (κ1) is 10.3. The number of rotatable bonds is 2. The lowest BCUT2D eigenvalue weighted by Gasteiger charge is -2.02. The van der Waals surface area contributed by atoms with Gasteiger partial charge in [0.2, 0.25) is 5.78 Å². The molecule has 0 atom stereocenters. The molecular formula is C11H7Cl2NO. The zero-order valence-electron chi connectivity index (χ0n) is 7.63. The predicted octanol–water partition coefficient (Wildman–Crippen LogP) is 3.55. The van der Waals surface area contributed by atoms with Gasteiger partial charge in [-0.1, -0.05) is 23.2 Å². The Balaban J connectivity index is 2.46. The Morgan fingerprint density at radius 1 is 1.20 bits per heavy atom. The van der Waals surface area contributed by atoms with Crippen molar-refractivity contribution in [2.75, 3.05) is 0 Å². The van der Waals surface area contributed by atoms with Gasteiger partial charge in [0, 0.05) is 16.8 Å². The van der Waals surface area contributed by atoms with Crippen molar-refractivity contribution >= 4 is 29.0 Å². The summed E-state index contributed by atoms with van der Waals surface area (Å²) in [6.45, 7) is 0. The van der Waals surface area contributed by atoms with E-state index in [-0.39, 0.29) is 5.78 Å². The van der Waals surface area contributed by atoms with E-state index >= 15 is 0 Å². The highest BCUT2D eigenvalue weighted by molar-refractivity contribution is 6.36. The van der Waals surface area contributed by atoms with Gasteiger partial charge in [-0.2, -0.15) is 0 Å². The number of benzene rings is 1. The van der Waals surface area contributed by atoms with Crippen LogP contribution in [0.5, 0.6) is 0 Å². The summed E-state index contributed by atoms with van der Waals surface area (Å²) in [6, 6.07) is 8.27. The maximum Gasteiger partial charge on any atom is 0.210 e. The van der Waals surface area contributed by atoms with Crippen LogP contribution in [0.3, 0.4) is 0 Å². The van der Waals surface area contributed by atoms with Crippen LogP contribution in [0.4, 0.5) is 0 Å². The van der Waals surface area contributed by atoms with Gasteiger partial charge in [-0.05, 0) is 30.3 Å². The molecule has 1 aromatic heterocycles. The Kier molecular flexibility index (Phi) is 2.80. The average molecular weight is 240 g/mol. The van der Waals surface area contributed by atoms with Crippen molar-refractivity contribution in [3.05, 3.63) is 57.8 Å². The summed E-state index contributed by atoms with van der Waals surface area (Å²) in [5, 5.41) is 0.897. The average Bonchev–Trinajstić information content (AvgIpc) is 2.74. The summed E-state index contributed by atoms with van der Waals surface area (Å²) in [4.78, 5) is 14.7. The Morgan fingerprint density at radius 2 is 2.00 bits per heavy atom. The number of ketones is 1. The van der Waals surface area contributed by atoms with Crippen molar-refractivity contribution in [3.8, 4) is 0 Å². The lowest BCUT2D eigenvalue weighted by atomic mass is 10.1. The van der Waals surface area contributed by atoms with Crippen molar-refractivity contribution < 1.29 is 4.79 Å². The number of hydrogen-bond donors (Lipinski definition) is 1. The molecule has 0 unspecified atom stereocenters. The summed E-state index contributed by atoms with van der Waals surface area (Å²) >= 11 is 11.7. The van der Waals surface area contributed by atoms with Gasteiger partial charge >= 0.3 is 0 Å². The van der Waals surface area contributed by atoms with Gasteiger partial charge in [0.25, 0.3) is 0 Å². The number of carbonyl (C=O) groups excluding carboxylic acids is 1. The summed E-state index contributed by atoms with van der Waals surface area (Å²) in [6.07, 6.45) is 1.69. The molecule has 2 aromatic rings. The zero-order valence-corrected chi connectivity index (χ0v) is 9.14. The maximum atomic E-state index is 11.9. The third kappa shape index (κ3) is 2.06. The van der Waals surface area contributed by atoms with Crippen LogP contribution in [0.1, 0.15) is 16.1 Å². The molecule has 2 rings (SSSR count). The summed E-state index contributed by atoms with van der Waals surface area (Å²) in [7, 11) is 0. The molecule has 0 aliphatic heterocycles. The largest absolute Gasteiger partial charge is 0.359 e. The molecule has 4 heteroatoms. The first-order valence-corrected chi connectivity index (χ1v) is 5.07. The quantitative estimate of drug-likeness (QED) is 0.800. The summed E-state index contributed by atoms with van der Waals surface area (Å²) < 4.78 is 0. The number of aromatic nitrogens is 1. The van der Waals surface area contributed by atoms with E-state index in [0.29, 0.717) is 21.3 Å². The molecule has 1 aromatic carbocycles. The molecule has 0 saturated heterocycles. The minimum Gasteiger partial charge on any atom is -0.359 e. The highest BCUT2D eigenvalue weighted by Gasteiger charge is 2.13. The standard InChI is InChI=1S/C11H7Cl2NO/c12-7-3-4-9(13)8(6-7)11(15)10-2-1-5-14-10/h1-6,14H. The van der Waals surface area contributed by atoms with Gasteiger partial charge in [0.15, 0.2) is 0 Å². The number of aromatic amines is 1. The molecule has 15 heavy (non-hydrogen) atoms. The SMILES string of the molecule is O=C(c1ccc[nH]1)c1cc(Cl)ccc1Cl. The van der Waals surface area contributed by atoms with Gasteiger partial charge in [-0.15, -0.1) is 0 Å². The first-order chi connectivity index (χ1) is 7.18. The third-order valence-corrected chi connectivity index (χ3v) is 2.58. The molecule has 0 fully saturated rings. The molecule has 2 nitrogen and oxygen atoms in total. The molecule has 0 radical (unpaired) electrons. The van der Waals surface area contributed by atoms with E-state index in [1.54, 1.807) is 36.5 Å². The van der Waals surface area contributed by atoms with E-state index in [1.807, 2.05) is 0 Å². The first-order valence-electron chi connectivity index (χ1n) is 4.31. The Hall–Kier alpha value is -1.25. The number of hydrogen-bond acceptors (Lipinski definition) is 1. The molecule has 0 aliphatic carbocycles. The van der Waals surface area contributed by atoms with E-state index in [2.05, 4.69) is 4.98 Å². The molecule has 0 saturated carbocycles. The molecule has 0 spiro atoms. The second-order valence-corrected chi connectivity index (χ2v) is 3.88. The van der Waals surface area contributed by atoms with E-state index in [0.717, 1.165) is 0 Å². The molecule has 0 bridgehead atoms. The topological polar surface area (TPSA) is 32.9 Å². The van der Waals surface area contributed by atoms with E-state index in [4.69, 9.17) is 23.2 Å². The van der Waals surface area contributed by atoms with Crippen LogP contribution in [0.2, 0.25) is 10.0 Å². The minimum absolute atomic E-state index is 0.160. The number of carbonyl (C=O) groups is 1. The molecular weight excluding hydrogens is 233 g/mol. The lowest BCUT2D eigenvalue weighted by Crippen LogP contribution is -2.02. The van der Waals surface area contributed by atoms with Gasteiger partial charge < -0.3 is 4.98 Å². The second-order valence-electron chi connectivity index (χ2n) is 3.04. The smallest absolute Gasteiger partial charge is 0.210 e. The monoisotopic (exact) mass is 239 g/mol. The van der Waals surface area contributed by atoms with Gasteiger partial charge in [-0.3, -0.25) is 4.79 Å². The third-order valence-electron chi connectivity index (χ3n) is 2.02. The van der Waals surface area contributed by atoms with Crippen molar-refractivity contribution in [1.82, 2.24) is 4.98 Å². The summed E-state index contributed by atoms with van der Waals surface area (Å²) in [5.41, 5.74) is 0.908. The van der Waals surface area contributed by atoms with Crippen LogP contribution in [0.25, 0.3) is 0 Å². The van der Waals surface area contributed by atoms with Crippen LogP contribution < -0.4 is 0 Å². The van der Waals surface area contributed by atoms with Crippen molar-refractivity contribution in [1.29, 1.82) is 0 Å². The highest BCUT2D eigenvalue weighted by atomic mass is 35.5. The Labute approximate surface area is 96.8 Å². The van der Waals surface area contributed by atoms with Crippen LogP contribution in [-0.2, 0) is 0 Å². The molecule has 76 valence electrons. The van der Waals surface area contributed by atoms with Crippen LogP contribution in [0, 0.1) is 0 Å². The summed E-state index contributed by atoms with van der Waals surface area (Å²) in [5.74, 6) is -0.160. The minimum atomic E-state index is -0.160. The van der Waals surface area contributed by atoms with E-state index < -0.39 is 0 Å². The van der Waals surface area contributed by atoms with Crippen molar-refractivity contribution in [2.45, 2.75) is 0 Å². The van der Waals surface area contributed by atoms with Crippen LogP contribution in [-0.4, -0.2) is 10.8 Å². The normalized spacial score (nSPS) is 10.3. The molecule has 0 aliphatic rings. The highest BCUT2D eigenvalue weighted by Crippen LogP contribution is 2.22. The maximum absolute atomic E-state index is 11.9. The second kappa shape index (κ2) is 4.09. The number of nitrogens with one attached hydrogen (secondary N) is 1. The molecule has 1 heterocycles. The number of halogens is 2. The van der Waals surface area contributed by atoms with Crippen molar-refractivity contribution in [2.24, 2.45) is 0 Å². The van der Waals surface area contributed by atoms with E-state index in [1.165, 1.54) is 0 Å². The fourth-order valence-electron chi connectivity index (χ4n) is 1.29. The Bertz CT molecular complexity index is 491. The molecule has 1 N–H and O–H groups in total. The van der Waals surface area contributed by atoms with Crippen LogP contribution >= 0.6 is 23.2 Å². The zero-order chi connectivity index (χ0) is 10.8.